The maximum absolute atomic E-state index is 8.62. The zero-order valence-corrected chi connectivity index (χ0v) is 22.9. The Morgan fingerprint density at radius 3 is 2.05 bits per heavy atom. The first-order valence-corrected chi connectivity index (χ1v) is 14.0. The van der Waals surface area contributed by atoms with Crippen LogP contribution in [-0.4, -0.2) is 10.1 Å². The Bertz CT molecular complexity index is 1840. The van der Waals surface area contributed by atoms with Gasteiger partial charge in [0, 0.05) is 16.5 Å². The highest BCUT2D eigenvalue weighted by Crippen LogP contribution is 2.55. The second kappa shape index (κ2) is 9.25. The summed E-state index contributed by atoms with van der Waals surface area (Å²) in [6, 6.07) is 36.1. The molecule has 1 aliphatic carbocycles. The molecule has 0 bridgehead atoms. The number of hydrogen-bond donors (Lipinski definition) is 2. The average Bonchev–Trinajstić information content (AvgIpc) is 3.21. The molecule has 7 rings (SSSR count). The molecule has 0 aromatic heterocycles. The molecule has 1 aliphatic heterocycles. The van der Waals surface area contributed by atoms with Crippen molar-refractivity contribution in [3.8, 4) is 45.3 Å². The summed E-state index contributed by atoms with van der Waals surface area (Å²) in [6.45, 7) is 4.51. The number of hydrogen-bond acceptors (Lipinski definition) is 5. The molecule has 4 nitrogen and oxygen atoms in total. The third-order valence-electron chi connectivity index (χ3n) is 7.73. The lowest BCUT2D eigenvalue weighted by atomic mass is 9.82. The fraction of sp³-hybridized carbons (Fsp3) is 0.0857. The van der Waals surface area contributed by atoms with Gasteiger partial charge in [-0.3, -0.25) is 10.8 Å². The van der Waals surface area contributed by atoms with Crippen molar-refractivity contribution in [3.63, 3.8) is 0 Å². The van der Waals surface area contributed by atoms with E-state index in [1.807, 2.05) is 72.8 Å². The van der Waals surface area contributed by atoms with Crippen LogP contribution < -0.4 is 9.47 Å². The predicted molar refractivity (Wildman–Crippen MR) is 164 cm³/mol. The highest BCUT2D eigenvalue weighted by molar-refractivity contribution is 8.27. The Morgan fingerprint density at radius 1 is 0.550 bits per heavy atom. The Hall–Kier alpha value is -4.61. The molecule has 0 unspecified atom stereocenters. The van der Waals surface area contributed by atoms with Crippen LogP contribution in [0.2, 0.25) is 0 Å². The summed E-state index contributed by atoms with van der Waals surface area (Å²) < 4.78 is 12.8. The lowest BCUT2D eigenvalue weighted by Crippen LogP contribution is -2.15. The van der Waals surface area contributed by atoms with Gasteiger partial charge in [-0.2, -0.15) is 0 Å². The van der Waals surface area contributed by atoms with E-state index < -0.39 is 0 Å². The van der Waals surface area contributed by atoms with E-state index >= 15 is 0 Å². The van der Waals surface area contributed by atoms with Gasteiger partial charge in [-0.25, -0.2) is 0 Å². The molecule has 0 fully saturated rings. The second-order valence-electron chi connectivity index (χ2n) is 10.6. The van der Waals surface area contributed by atoms with E-state index in [1.54, 1.807) is 0 Å². The zero-order chi connectivity index (χ0) is 27.4. The van der Waals surface area contributed by atoms with E-state index in [1.165, 1.54) is 22.3 Å². The normalized spacial score (nSPS) is 13.7. The van der Waals surface area contributed by atoms with Crippen molar-refractivity contribution >= 4 is 21.8 Å². The Balaban J connectivity index is 1.17. The van der Waals surface area contributed by atoms with Crippen molar-refractivity contribution in [2.45, 2.75) is 19.3 Å². The van der Waals surface area contributed by atoms with Crippen LogP contribution in [0.25, 0.3) is 22.3 Å². The van der Waals surface area contributed by atoms with Crippen molar-refractivity contribution in [1.29, 1.82) is 10.8 Å². The molecule has 0 saturated heterocycles. The van der Waals surface area contributed by atoms with Crippen LogP contribution in [0.5, 0.6) is 23.0 Å². The Morgan fingerprint density at radius 2 is 1.20 bits per heavy atom. The summed E-state index contributed by atoms with van der Waals surface area (Å²) in [6.07, 6.45) is 0. The third kappa shape index (κ3) is 4.02. The van der Waals surface area contributed by atoms with Gasteiger partial charge in [-0.1, -0.05) is 104 Å². The van der Waals surface area contributed by atoms with Crippen LogP contribution in [-0.2, 0) is 5.41 Å². The molecule has 5 aromatic rings. The largest absolute Gasteiger partial charge is 0.450 e. The minimum atomic E-state index is -0.106. The first-order chi connectivity index (χ1) is 19.4. The molecule has 0 amide bonds. The molecule has 0 radical (unpaired) electrons. The monoisotopic (exact) mass is 538 g/mol. The van der Waals surface area contributed by atoms with E-state index in [0.717, 1.165) is 39.8 Å². The van der Waals surface area contributed by atoms with Crippen molar-refractivity contribution in [1.82, 2.24) is 0 Å². The molecule has 1 heterocycles. The van der Waals surface area contributed by atoms with E-state index in [2.05, 4.69) is 50.2 Å². The maximum atomic E-state index is 8.62. The zero-order valence-electron chi connectivity index (χ0n) is 22.1. The summed E-state index contributed by atoms with van der Waals surface area (Å²) in [5, 5.41) is 17.7. The summed E-state index contributed by atoms with van der Waals surface area (Å²) in [5.41, 5.74) is 8.39. The molecular weight excluding hydrogens is 512 g/mol. The molecule has 0 spiro atoms. The summed E-state index contributed by atoms with van der Waals surface area (Å²) in [4.78, 5) is 0. The summed E-state index contributed by atoms with van der Waals surface area (Å²) in [5.74, 6) is 2.78. The van der Waals surface area contributed by atoms with Crippen LogP contribution in [0.3, 0.4) is 0 Å². The fourth-order valence-electron chi connectivity index (χ4n) is 5.61. The van der Waals surface area contributed by atoms with Gasteiger partial charge in [0.1, 0.15) is 10.1 Å². The summed E-state index contributed by atoms with van der Waals surface area (Å²) in [7, 11) is 0. The van der Waals surface area contributed by atoms with Crippen LogP contribution in [0.4, 0.5) is 0 Å². The lowest BCUT2D eigenvalue weighted by molar-refractivity contribution is 0.359. The van der Waals surface area contributed by atoms with Gasteiger partial charge in [-0.15, -0.1) is 0 Å². The highest BCUT2D eigenvalue weighted by atomic mass is 32.2. The predicted octanol–water partition coefficient (Wildman–Crippen LogP) is 9.64. The Labute approximate surface area is 237 Å². The van der Waals surface area contributed by atoms with Crippen LogP contribution >= 0.6 is 11.8 Å². The molecule has 2 N–H and O–H groups in total. The van der Waals surface area contributed by atoms with Gasteiger partial charge in [0.05, 0.1) is 0 Å². The quantitative estimate of drug-likeness (QED) is 0.174. The molecule has 5 aromatic carbocycles. The Kier molecular flexibility index (Phi) is 5.65. The number of ether oxygens (including phenoxy) is 2. The van der Waals surface area contributed by atoms with Gasteiger partial charge in [0.15, 0.2) is 23.0 Å². The number of thioether (sulfide) groups is 1. The first-order valence-electron chi connectivity index (χ1n) is 13.2. The van der Waals surface area contributed by atoms with Crippen molar-refractivity contribution in [2.75, 3.05) is 0 Å². The maximum Gasteiger partial charge on any atom is 0.170 e. The average molecular weight is 539 g/mol. The fourth-order valence-corrected chi connectivity index (χ4v) is 6.31. The van der Waals surface area contributed by atoms with Crippen molar-refractivity contribution < 1.29 is 9.47 Å². The second-order valence-corrected chi connectivity index (χ2v) is 11.6. The first kappa shape index (κ1) is 24.4. The molecule has 194 valence electrons. The van der Waals surface area contributed by atoms with E-state index in [-0.39, 0.29) is 5.41 Å². The van der Waals surface area contributed by atoms with Crippen LogP contribution in [0.15, 0.2) is 109 Å². The van der Waals surface area contributed by atoms with E-state index in [0.29, 0.717) is 27.3 Å². The lowest BCUT2D eigenvalue weighted by Gasteiger charge is -2.25. The molecule has 0 atom stereocenters. The SMILES string of the molecule is CC1(C)c2ccccc2-c2cc3c(cc21)Oc1ccc(-c2cccc(C(=N)SC(=N)c4ccccc4)c2)cc1O3. The van der Waals surface area contributed by atoms with Gasteiger partial charge < -0.3 is 9.47 Å². The van der Waals surface area contributed by atoms with Crippen LogP contribution in [0, 0.1) is 10.8 Å². The highest BCUT2D eigenvalue weighted by Gasteiger charge is 2.37. The number of rotatable bonds is 3. The van der Waals surface area contributed by atoms with Gasteiger partial charge in [-0.05, 0) is 63.7 Å². The minimum absolute atomic E-state index is 0.106. The molecular formula is C35H26N2O2S. The molecule has 40 heavy (non-hydrogen) atoms. The topological polar surface area (TPSA) is 66.2 Å². The number of fused-ring (bicyclic) bond motifs is 5. The molecule has 2 aliphatic rings. The number of benzene rings is 5. The van der Waals surface area contributed by atoms with Crippen molar-refractivity contribution in [3.05, 3.63) is 131 Å². The smallest absolute Gasteiger partial charge is 0.170 e. The standard InChI is InChI=1S/C35H26N2O2S/c1-35(2)27-14-7-6-13-25(27)26-19-31-32(20-28(26)35)38-29-16-15-23(18-30(29)39-31)22-11-8-12-24(17-22)34(37)40-33(36)21-9-4-3-5-10-21/h3-20,36-37H,1-2H3. The minimum Gasteiger partial charge on any atom is -0.450 e. The number of nitrogens with one attached hydrogen (secondary N) is 2. The summed E-state index contributed by atoms with van der Waals surface area (Å²) >= 11 is 1.15. The third-order valence-corrected chi connectivity index (χ3v) is 8.61. The van der Waals surface area contributed by atoms with E-state index in [9.17, 15) is 0 Å². The molecule has 5 heteroatoms. The van der Waals surface area contributed by atoms with Gasteiger partial charge in [0.2, 0.25) is 0 Å². The van der Waals surface area contributed by atoms with Gasteiger partial charge in [0.25, 0.3) is 0 Å². The molecule has 0 saturated carbocycles. The van der Waals surface area contributed by atoms with Gasteiger partial charge >= 0.3 is 0 Å². The van der Waals surface area contributed by atoms with Crippen molar-refractivity contribution in [2.24, 2.45) is 0 Å². The van der Waals surface area contributed by atoms with Crippen LogP contribution in [0.1, 0.15) is 36.1 Å². The van der Waals surface area contributed by atoms with E-state index in [4.69, 9.17) is 20.3 Å².